The summed E-state index contributed by atoms with van der Waals surface area (Å²) in [6, 6.07) is 12.7. The van der Waals surface area contributed by atoms with Crippen molar-refractivity contribution in [1.82, 2.24) is 19.7 Å². The standard InChI is InChI=1S/C20H17N5O2/c1-12-9-13(4-6-16(12)19(21)26)20-22-8-7-18(24-20)27-15-5-3-14-11-23-25(2)17(14)10-15/h3-11H,1-2H3,(H2,21,26). The summed E-state index contributed by atoms with van der Waals surface area (Å²) >= 11 is 0. The number of carbonyl (C=O) groups excluding carboxylic acids is 1. The van der Waals surface area contributed by atoms with Gasteiger partial charge in [-0.1, -0.05) is 6.07 Å². The van der Waals surface area contributed by atoms with Crippen LogP contribution in [-0.4, -0.2) is 25.7 Å². The second-order valence-corrected chi connectivity index (χ2v) is 6.20. The van der Waals surface area contributed by atoms with Gasteiger partial charge in [0.1, 0.15) is 5.75 Å². The van der Waals surface area contributed by atoms with Gasteiger partial charge >= 0.3 is 0 Å². The first-order valence-corrected chi connectivity index (χ1v) is 8.35. The lowest BCUT2D eigenvalue weighted by molar-refractivity contribution is 0.0999. The van der Waals surface area contributed by atoms with E-state index >= 15 is 0 Å². The molecule has 2 aromatic heterocycles. The largest absolute Gasteiger partial charge is 0.439 e. The van der Waals surface area contributed by atoms with Gasteiger partial charge in [0.05, 0.1) is 11.7 Å². The Labute approximate surface area is 155 Å². The summed E-state index contributed by atoms with van der Waals surface area (Å²) in [5.41, 5.74) is 8.37. The molecule has 1 amide bonds. The third-order valence-corrected chi connectivity index (χ3v) is 4.32. The molecule has 0 saturated heterocycles. The van der Waals surface area contributed by atoms with E-state index in [1.165, 1.54) is 0 Å². The molecule has 0 aliphatic rings. The molecule has 0 radical (unpaired) electrons. The summed E-state index contributed by atoms with van der Waals surface area (Å²) in [7, 11) is 1.88. The van der Waals surface area contributed by atoms with E-state index in [0.717, 1.165) is 22.0 Å². The van der Waals surface area contributed by atoms with Crippen LogP contribution >= 0.6 is 0 Å². The van der Waals surface area contributed by atoms with Gasteiger partial charge in [-0.25, -0.2) is 4.98 Å². The minimum Gasteiger partial charge on any atom is -0.439 e. The van der Waals surface area contributed by atoms with Crippen molar-refractivity contribution in [2.75, 3.05) is 0 Å². The topological polar surface area (TPSA) is 95.9 Å². The molecule has 7 heteroatoms. The average molecular weight is 359 g/mol. The van der Waals surface area contributed by atoms with Crippen molar-refractivity contribution in [2.45, 2.75) is 6.92 Å². The van der Waals surface area contributed by atoms with Gasteiger partial charge in [-0.2, -0.15) is 10.1 Å². The van der Waals surface area contributed by atoms with E-state index < -0.39 is 5.91 Å². The summed E-state index contributed by atoms with van der Waals surface area (Å²) in [5, 5.41) is 5.27. The monoisotopic (exact) mass is 359 g/mol. The van der Waals surface area contributed by atoms with Gasteiger partial charge in [0, 0.05) is 41.9 Å². The molecule has 27 heavy (non-hydrogen) atoms. The predicted octanol–water partition coefficient (Wildman–Crippen LogP) is 3.23. The maximum absolute atomic E-state index is 11.4. The van der Waals surface area contributed by atoms with E-state index in [2.05, 4.69) is 15.1 Å². The highest BCUT2D eigenvalue weighted by molar-refractivity contribution is 5.94. The molecule has 0 bridgehead atoms. The Morgan fingerprint density at radius 1 is 1.15 bits per heavy atom. The van der Waals surface area contributed by atoms with Crippen LogP contribution in [0.15, 0.2) is 54.9 Å². The number of nitrogens with zero attached hydrogens (tertiary/aromatic N) is 4. The minimum atomic E-state index is -0.456. The molecule has 0 aliphatic carbocycles. The van der Waals surface area contributed by atoms with Crippen LogP contribution in [0.5, 0.6) is 11.6 Å². The quantitative estimate of drug-likeness (QED) is 0.603. The summed E-state index contributed by atoms with van der Waals surface area (Å²) < 4.78 is 7.69. The molecule has 2 aromatic carbocycles. The Balaban J connectivity index is 1.64. The van der Waals surface area contributed by atoms with Gasteiger partial charge in [0.15, 0.2) is 5.82 Å². The SMILES string of the molecule is Cc1cc(-c2nccc(Oc3ccc4cnn(C)c4c3)n2)ccc1C(N)=O. The minimum absolute atomic E-state index is 0.429. The van der Waals surface area contributed by atoms with Gasteiger partial charge in [0.2, 0.25) is 11.8 Å². The normalized spacial score (nSPS) is 10.9. The second kappa shape index (κ2) is 6.53. The number of carbonyl (C=O) groups is 1. The van der Waals surface area contributed by atoms with Gasteiger partial charge in [-0.05, 0) is 36.8 Å². The molecular weight excluding hydrogens is 342 g/mol. The Morgan fingerprint density at radius 2 is 2.00 bits per heavy atom. The number of nitrogens with two attached hydrogens (primary N) is 1. The number of rotatable bonds is 4. The second-order valence-electron chi connectivity index (χ2n) is 6.20. The number of aromatic nitrogens is 4. The lowest BCUT2D eigenvalue weighted by Gasteiger charge is -2.08. The fourth-order valence-electron chi connectivity index (χ4n) is 2.93. The molecule has 0 atom stereocenters. The first-order chi connectivity index (χ1) is 13.0. The van der Waals surface area contributed by atoms with Crippen LogP contribution in [0.1, 0.15) is 15.9 Å². The molecule has 134 valence electrons. The fraction of sp³-hybridized carbons (Fsp3) is 0.100. The molecule has 0 unspecified atom stereocenters. The van der Waals surface area contributed by atoms with Gasteiger partial charge in [-0.15, -0.1) is 0 Å². The summed E-state index contributed by atoms with van der Waals surface area (Å²) in [6.45, 7) is 1.83. The van der Waals surface area contributed by atoms with Crippen LogP contribution in [0, 0.1) is 6.92 Å². The van der Waals surface area contributed by atoms with Crippen molar-refractivity contribution in [2.24, 2.45) is 12.8 Å². The number of ether oxygens (including phenoxy) is 1. The Kier molecular flexibility index (Phi) is 4.04. The third kappa shape index (κ3) is 3.22. The van der Waals surface area contributed by atoms with Crippen LogP contribution < -0.4 is 10.5 Å². The number of primary amides is 1. The van der Waals surface area contributed by atoms with Crippen LogP contribution in [0.3, 0.4) is 0 Å². The Morgan fingerprint density at radius 3 is 2.78 bits per heavy atom. The summed E-state index contributed by atoms with van der Waals surface area (Å²) in [5.74, 6) is 1.14. The van der Waals surface area contributed by atoms with Crippen molar-refractivity contribution >= 4 is 16.8 Å². The van der Waals surface area contributed by atoms with Crippen LogP contribution in [-0.2, 0) is 7.05 Å². The summed E-state index contributed by atoms with van der Waals surface area (Å²) in [6.07, 6.45) is 3.44. The van der Waals surface area contributed by atoms with E-state index in [4.69, 9.17) is 10.5 Å². The van der Waals surface area contributed by atoms with E-state index in [1.54, 1.807) is 35.3 Å². The number of hydrogen-bond donors (Lipinski definition) is 1. The van der Waals surface area contributed by atoms with Gasteiger partial charge in [-0.3, -0.25) is 9.48 Å². The average Bonchev–Trinajstić information content (AvgIpc) is 3.02. The highest BCUT2D eigenvalue weighted by atomic mass is 16.5. The van der Waals surface area contributed by atoms with Gasteiger partial charge in [0.25, 0.3) is 0 Å². The molecule has 2 N–H and O–H groups in total. The van der Waals surface area contributed by atoms with Crippen LogP contribution in [0.2, 0.25) is 0 Å². The first-order valence-electron chi connectivity index (χ1n) is 8.35. The molecule has 4 aromatic rings. The number of benzene rings is 2. The molecule has 0 fully saturated rings. The fourth-order valence-corrected chi connectivity index (χ4v) is 2.93. The van der Waals surface area contributed by atoms with Crippen molar-refractivity contribution in [3.8, 4) is 23.0 Å². The number of hydrogen-bond acceptors (Lipinski definition) is 5. The number of amides is 1. The highest BCUT2D eigenvalue weighted by Gasteiger charge is 2.10. The Bertz CT molecular complexity index is 1170. The van der Waals surface area contributed by atoms with Crippen molar-refractivity contribution < 1.29 is 9.53 Å². The Hall–Kier alpha value is -3.74. The third-order valence-electron chi connectivity index (χ3n) is 4.32. The molecule has 0 aliphatic heterocycles. The van der Waals surface area contributed by atoms with E-state index in [1.807, 2.05) is 38.2 Å². The summed E-state index contributed by atoms with van der Waals surface area (Å²) in [4.78, 5) is 20.2. The lowest BCUT2D eigenvalue weighted by atomic mass is 10.0. The molecule has 0 spiro atoms. The predicted molar refractivity (Wildman–Crippen MR) is 102 cm³/mol. The maximum Gasteiger partial charge on any atom is 0.248 e. The van der Waals surface area contributed by atoms with Gasteiger partial charge < -0.3 is 10.5 Å². The maximum atomic E-state index is 11.4. The van der Waals surface area contributed by atoms with E-state index in [-0.39, 0.29) is 0 Å². The first kappa shape index (κ1) is 16.7. The van der Waals surface area contributed by atoms with Crippen LogP contribution in [0.25, 0.3) is 22.3 Å². The smallest absolute Gasteiger partial charge is 0.248 e. The number of fused-ring (bicyclic) bond motifs is 1. The van der Waals surface area contributed by atoms with E-state index in [0.29, 0.717) is 23.0 Å². The molecule has 4 rings (SSSR count). The lowest BCUT2D eigenvalue weighted by Crippen LogP contribution is -2.12. The number of aryl methyl sites for hydroxylation is 2. The van der Waals surface area contributed by atoms with Crippen molar-refractivity contribution in [3.63, 3.8) is 0 Å². The zero-order valence-corrected chi connectivity index (χ0v) is 14.9. The zero-order chi connectivity index (χ0) is 19.0. The van der Waals surface area contributed by atoms with Crippen molar-refractivity contribution in [3.05, 3.63) is 66.0 Å². The molecule has 2 heterocycles. The zero-order valence-electron chi connectivity index (χ0n) is 14.9. The van der Waals surface area contributed by atoms with Crippen molar-refractivity contribution in [1.29, 1.82) is 0 Å². The van der Waals surface area contributed by atoms with Crippen LogP contribution in [0.4, 0.5) is 0 Å². The highest BCUT2D eigenvalue weighted by Crippen LogP contribution is 2.26. The molecule has 0 saturated carbocycles. The molecule has 7 nitrogen and oxygen atoms in total. The molecular formula is C20H17N5O2. The van der Waals surface area contributed by atoms with E-state index in [9.17, 15) is 4.79 Å².